The minimum absolute atomic E-state index is 0.120. The third-order valence-electron chi connectivity index (χ3n) is 7.18. The zero-order valence-corrected chi connectivity index (χ0v) is 20.8. The van der Waals surface area contributed by atoms with Gasteiger partial charge in [0.25, 0.3) is 0 Å². The fraction of sp³-hybridized carbons (Fsp3) is 0.323. The van der Waals surface area contributed by atoms with Gasteiger partial charge in [0.2, 0.25) is 5.91 Å². The lowest BCUT2D eigenvalue weighted by atomic mass is 9.89. The van der Waals surface area contributed by atoms with E-state index in [1.807, 2.05) is 65.6 Å². The minimum Gasteiger partial charge on any atom is -0.341 e. The normalized spacial score (nSPS) is 19.7. The van der Waals surface area contributed by atoms with Crippen LogP contribution in [0.25, 0.3) is 22.8 Å². The molecule has 5 rings (SSSR count). The van der Waals surface area contributed by atoms with Crippen molar-refractivity contribution in [3.63, 3.8) is 0 Å². The molecule has 0 spiro atoms. The van der Waals surface area contributed by atoms with Gasteiger partial charge in [-0.15, -0.1) is 5.10 Å². The quantitative estimate of drug-likeness (QED) is 0.391. The van der Waals surface area contributed by atoms with Gasteiger partial charge < -0.3 is 4.90 Å². The molecular formula is C31H34N4O. The number of likely N-dealkylation sites (tertiary alicyclic amines) is 1. The maximum Gasteiger partial charge on any atom is 0.244 e. The molecule has 5 nitrogen and oxygen atoms in total. The number of amides is 1. The Kier molecular flexibility index (Phi) is 7.86. The fourth-order valence-electron chi connectivity index (χ4n) is 5.04. The molecular weight excluding hydrogens is 444 g/mol. The van der Waals surface area contributed by atoms with E-state index in [2.05, 4.69) is 30.4 Å². The summed E-state index contributed by atoms with van der Waals surface area (Å²) in [5.74, 6) is 2.19. The first kappa shape index (κ1) is 24.0. The molecule has 3 aromatic rings. The van der Waals surface area contributed by atoms with Crippen LogP contribution in [0.2, 0.25) is 0 Å². The van der Waals surface area contributed by atoms with Gasteiger partial charge in [0, 0.05) is 24.2 Å². The molecule has 2 heterocycles. The highest BCUT2D eigenvalue weighted by Gasteiger charge is 2.24. The van der Waals surface area contributed by atoms with Gasteiger partial charge in [-0.05, 0) is 44.4 Å². The first-order valence-corrected chi connectivity index (χ1v) is 13.1. The van der Waals surface area contributed by atoms with Gasteiger partial charge in [0.15, 0.2) is 11.6 Å². The molecule has 1 aliphatic heterocycles. The summed E-state index contributed by atoms with van der Waals surface area (Å²) >= 11 is 0. The fourth-order valence-corrected chi connectivity index (χ4v) is 5.04. The molecule has 5 heteroatoms. The minimum atomic E-state index is 0.120. The number of allylic oxidation sites excluding steroid dienone is 6. The summed E-state index contributed by atoms with van der Waals surface area (Å²) in [6.07, 6.45) is 17.7. The molecule has 0 atom stereocenters. The van der Waals surface area contributed by atoms with Crippen LogP contribution in [-0.2, 0) is 11.3 Å². The molecule has 1 saturated heterocycles. The third kappa shape index (κ3) is 6.09. The number of hydrogen-bond acceptors (Lipinski definition) is 3. The molecule has 1 fully saturated rings. The lowest BCUT2D eigenvalue weighted by Gasteiger charge is -2.32. The molecule has 0 N–H and O–H groups in total. The van der Waals surface area contributed by atoms with Gasteiger partial charge in [-0.3, -0.25) is 4.79 Å². The Labute approximate surface area is 213 Å². The average Bonchev–Trinajstić information content (AvgIpc) is 3.33. The molecule has 2 aromatic carbocycles. The molecule has 184 valence electrons. The van der Waals surface area contributed by atoms with Crippen LogP contribution in [0, 0.1) is 5.92 Å². The molecule has 1 amide bonds. The van der Waals surface area contributed by atoms with Gasteiger partial charge in [0.05, 0.1) is 0 Å². The van der Waals surface area contributed by atoms with Crippen molar-refractivity contribution in [2.24, 2.45) is 5.92 Å². The van der Waals surface area contributed by atoms with Crippen LogP contribution in [-0.4, -0.2) is 38.7 Å². The highest BCUT2D eigenvalue weighted by Crippen LogP contribution is 2.27. The van der Waals surface area contributed by atoms with Crippen molar-refractivity contribution in [1.82, 2.24) is 19.7 Å². The second-order valence-corrected chi connectivity index (χ2v) is 9.69. The molecule has 1 aromatic heterocycles. The number of carbonyl (C=O) groups excluding carboxylic acids is 1. The largest absolute Gasteiger partial charge is 0.341 e. The number of aromatic nitrogens is 3. The summed E-state index contributed by atoms with van der Waals surface area (Å²) in [5.41, 5.74) is 3.46. The summed E-state index contributed by atoms with van der Waals surface area (Å²) in [4.78, 5) is 20.1. The van der Waals surface area contributed by atoms with Crippen molar-refractivity contribution >= 4 is 5.91 Å². The van der Waals surface area contributed by atoms with Crippen molar-refractivity contribution in [3.8, 4) is 22.8 Å². The van der Waals surface area contributed by atoms with Crippen molar-refractivity contribution in [2.75, 3.05) is 13.1 Å². The smallest absolute Gasteiger partial charge is 0.244 e. The number of carbonyl (C=O) groups is 1. The highest BCUT2D eigenvalue weighted by molar-refractivity contribution is 5.77. The van der Waals surface area contributed by atoms with Gasteiger partial charge in [-0.2, -0.15) is 0 Å². The van der Waals surface area contributed by atoms with E-state index in [0.717, 1.165) is 55.7 Å². The van der Waals surface area contributed by atoms with E-state index in [-0.39, 0.29) is 12.5 Å². The van der Waals surface area contributed by atoms with Gasteiger partial charge in [-0.1, -0.05) is 96.6 Å². The molecule has 0 unspecified atom stereocenters. The van der Waals surface area contributed by atoms with E-state index in [1.54, 1.807) is 10.3 Å². The van der Waals surface area contributed by atoms with Crippen LogP contribution in [0.3, 0.4) is 0 Å². The number of hydrogen-bond donors (Lipinski definition) is 0. The number of nitrogens with zero attached hydrogens (tertiary/aromatic N) is 4. The topological polar surface area (TPSA) is 51.0 Å². The Morgan fingerprint density at radius 1 is 0.889 bits per heavy atom. The Morgan fingerprint density at radius 3 is 2.36 bits per heavy atom. The summed E-state index contributed by atoms with van der Waals surface area (Å²) < 4.78 is 1.77. The number of rotatable bonds is 7. The van der Waals surface area contributed by atoms with Crippen molar-refractivity contribution in [2.45, 2.75) is 45.1 Å². The van der Waals surface area contributed by atoms with E-state index >= 15 is 0 Å². The Bertz CT molecular complexity index is 1230. The van der Waals surface area contributed by atoms with Crippen molar-refractivity contribution in [3.05, 3.63) is 96.6 Å². The molecule has 2 aliphatic rings. The molecule has 1 aliphatic carbocycles. The summed E-state index contributed by atoms with van der Waals surface area (Å²) in [7, 11) is 0. The monoisotopic (exact) mass is 478 g/mol. The van der Waals surface area contributed by atoms with Crippen LogP contribution < -0.4 is 0 Å². The first-order valence-electron chi connectivity index (χ1n) is 13.1. The van der Waals surface area contributed by atoms with E-state index in [9.17, 15) is 4.79 Å². The molecule has 0 saturated carbocycles. The van der Waals surface area contributed by atoms with Gasteiger partial charge >= 0.3 is 0 Å². The zero-order chi connectivity index (χ0) is 24.6. The lowest BCUT2D eigenvalue weighted by Crippen LogP contribution is -2.40. The second-order valence-electron chi connectivity index (χ2n) is 9.69. The van der Waals surface area contributed by atoms with Crippen molar-refractivity contribution < 1.29 is 4.79 Å². The average molecular weight is 479 g/mol. The SMILES string of the molecule is O=C(Cn1nc(-c2ccccc2)nc1-c1ccccc1)N1CCC(CC/C2=C/C=C\C=C/CC2)CC1. The van der Waals surface area contributed by atoms with Crippen LogP contribution in [0.15, 0.2) is 96.6 Å². The second kappa shape index (κ2) is 11.8. The lowest BCUT2D eigenvalue weighted by molar-refractivity contribution is -0.133. The molecule has 0 bridgehead atoms. The van der Waals surface area contributed by atoms with Crippen LogP contribution in [0.5, 0.6) is 0 Å². The summed E-state index contributed by atoms with van der Waals surface area (Å²) in [6.45, 7) is 1.86. The highest BCUT2D eigenvalue weighted by atomic mass is 16.2. The van der Waals surface area contributed by atoms with Crippen LogP contribution in [0.4, 0.5) is 0 Å². The Morgan fingerprint density at radius 2 is 1.61 bits per heavy atom. The predicted octanol–water partition coefficient (Wildman–Crippen LogP) is 6.46. The number of piperidine rings is 1. The number of benzene rings is 2. The van der Waals surface area contributed by atoms with Crippen LogP contribution in [0.1, 0.15) is 38.5 Å². The standard InChI is InChI=1S/C31H34N4O/c36-29(34-22-20-26(21-23-34)19-18-25-12-6-2-1-3-7-13-25)24-35-31(28-16-10-5-11-17-28)32-30(33-35)27-14-8-4-9-15-27/h1-6,8-12,14-17,26H,7,13,18-24H2/b3-1-,6-2-,25-12+. The Balaban J connectivity index is 1.21. The van der Waals surface area contributed by atoms with Crippen molar-refractivity contribution in [1.29, 1.82) is 0 Å². The van der Waals surface area contributed by atoms with E-state index in [1.165, 1.54) is 12.8 Å². The Hall–Kier alpha value is -3.73. The molecule has 36 heavy (non-hydrogen) atoms. The van der Waals surface area contributed by atoms with Crippen LogP contribution >= 0.6 is 0 Å². The zero-order valence-electron chi connectivity index (χ0n) is 20.8. The summed E-state index contributed by atoms with van der Waals surface area (Å²) in [6, 6.07) is 19.9. The van der Waals surface area contributed by atoms with E-state index in [0.29, 0.717) is 11.7 Å². The third-order valence-corrected chi connectivity index (χ3v) is 7.18. The van der Waals surface area contributed by atoms with Gasteiger partial charge in [0.1, 0.15) is 6.54 Å². The van der Waals surface area contributed by atoms with E-state index in [4.69, 9.17) is 10.1 Å². The maximum atomic E-state index is 13.3. The van der Waals surface area contributed by atoms with Gasteiger partial charge in [-0.25, -0.2) is 9.67 Å². The maximum absolute atomic E-state index is 13.3. The summed E-state index contributed by atoms with van der Waals surface area (Å²) in [5, 5.41) is 4.74. The first-order chi connectivity index (χ1) is 17.8. The predicted molar refractivity (Wildman–Crippen MR) is 145 cm³/mol. The van der Waals surface area contributed by atoms with E-state index < -0.39 is 0 Å². The molecule has 0 radical (unpaired) electrons.